The SMILES string of the molecule is Cc1ccc(NC2=C(c3ccc(Cl)cc3)C(=O)N(c3ccc(Cl)cc3C)C2=O)cc1C. The lowest BCUT2D eigenvalue weighted by atomic mass is 10.0. The minimum absolute atomic E-state index is 0.227. The molecule has 2 amide bonds. The average molecular weight is 451 g/mol. The van der Waals surface area contributed by atoms with Gasteiger partial charge in [-0.2, -0.15) is 0 Å². The van der Waals surface area contributed by atoms with E-state index in [9.17, 15) is 9.59 Å². The monoisotopic (exact) mass is 450 g/mol. The van der Waals surface area contributed by atoms with Crippen molar-refractivity contribution in [1.29, 1.82) is 0 Å². The van der Waals surface area contributed by atoms with Gasteiger partial charge >= 0.3 is 0 Å². The summed E-state index contributed by atoms with van der Waals surface area (Å²) < 4.78 is 0. The first-order valence-electron chi connectivity index (χ1n) is 9.75. The molecule has 0 bridgehead atoms. The molecule has 4 nitrogen and oxygen atoms in total. The normalized spacial score (nSPS) is 13.9. The molecule has 0 radical (unpaired) electrons. The quantitative estimate of drug-likeness (QED) is 0.473. The summed E-state index contributed by atoms with van der Waals surface area (Å²) in [6.45, 7) is 5.84. The number of nitrogens with one attached hydrogen (secondary N) is 1. The number of nitrogens with zero attached hydrogens (tertiary/aromatic N) is 1. The fourth-order valence-electron chi connectivity index (χ4n) is 3.58. The summed E-state index contributed by atoms with van der Waals surface area (Å²) in [5, 5.41) is 4.28. The average Bonchev–Trinajstić information content (AvgIpc) is 2.96. The maximum Gasteiger partial charge on any atom is 0.282 e. The molecule has 1 aliphatic heterocycles. The third-order valence-electron chi connectivity index (χ3n) is 5.39. The van der Waals surface area contributed by atoms with Gasteiger partial charge in [0.1, 0.15) is 5.70 Å². The zero-order valence-corrected chi connectivity index (χ0v) is 18.8. The first-order chi connectivity index (χ1) is 14.8. The van der Waals surface area contributed by atoms with Crippen molar-refractivity contribution in [2.45, 2.75) is 20.8 Å². The van der Waals surface area contributed by atoms with Crippen LogP contribution in [-0.2, 0) is 9.59 Å². The number of halogens is 2. The summed E-state index contributed by atoms with van der Waals surface area (Å²) in [6, 6.07) is 17.8. The second-order valence-electron chi connectivity index (χ2n) is 7.56. The molecule has 4 rings (SSSR count). The molecule has 1 heterocycles. The van der Waals surface area contributed by atoms with Gasteiger partial charge in [0.05, 0.1) is 11.3 Å². The van der Waals surface area contributed by atoms with E-state index >= 15 is 0 Å². The Bertz CT molecular complexity index is 1250. The van der Waals surface area contributed by atoms with Crippen molar-refractivity contribution >= 4 is 52.0 Å². The Kier molecular flexibility index (Phi) is 5.61. The van der Waals surface area contributed by atoms with Crippen LogP contribution in [0, 0.1) is 20.8 Å². The standard InChI is InChI=1S/C25H20Cl2N2O2/c1-14-4-10-20(13-15(14)2)28-23-22(17-5-7-18(26)8-6-17)24(30)29(25(23)31)21-11-9-19(27)12-16(21)3/h4-13,28H,1-3H3. The highest BCUT2D eigenvalue weighted by Gasteiger charge is 2.40. The number of amides is 2. The van der Waals surface area contributed by atoms with E-state index < -0.39 is 11.8 Å². The van der Waals surface area contributed by atoms with Crippen LogP contribution in [0.3, 0.4) is 0 Å². The maximum atomic E-state index is 13.5. The highest BCUT2D eigenvalue weighted by atomic mass is 35.5. The Morgan fingerprint density at radius 2 is 1.39 bits per heavy atom. The Hall–Kier alpha value is -3.08. The van der Waals surface area contributed by atoms with Crippen molar-refractivity contribution in [3.63, 3.8) is 0 Å². The van der Waals surface area contributed by atoms with Crippen LogP contribution in [0.2, 0.25) is 10.0 Å². The molecule has 0 saturated heterocycles. The van der Waals surface area contributed by atoms with E-state index in [1.54, 1.807) is 42.5 Å². The molecular weight excluding hydrogens is 431 g/mol. The third-order valence-corrected chi connectivity index (χ3v) is 5.88. The summed E-state index contributed by atoms with van der Waals surface area (Å²) in [5.74, 6) is -0.817. The zero-order chi connectivity index (χ0) is 22.3. The molecule has 1 N–H and O–H groups in total. The van der Waals surface area contributed by atoms with Crippen LogP contribution in [-0.4, -0.2) is 11.8 Å². The fourth-order valence-corrected chi connectivity index (χ4v) is 3.93. The number of aryl methyl sites for hydroxylation is 3. The molecule has 0 atom stereocenters. The number of carbonyl (C=O) groups excluding carboxylic acids is 2. The molecule has 31 heavy (non-hydrogen) atoms. The van der Waals surface area contributed by atoms with Gasteiger partial charge in [0.15, 0.2) is 0 Å². The van der Waals surface area contributed by atoms with Gasteiger partial charge in [-0.05, 0) is 85.5 Å². The van der Waals surface area contributed by atoms with Crippen LogP contribution in [0.1, 0.15) is 22.3 Å². The predicted molar refractivity (Wildman–Crippen MR) is 127 cm³/mol. The van der Waals surface area contributed by atoms with E-state index in [4.69, 9.17) is 23.2 Å². The fraction of sp³-hybridized carbons (Fsp3) is 0.120. The van der Waals surface area contributed by atoms with Crippen molar-refractivity contribution in [3.05, 3.63) is 98.7 Å². The molecule has 3 aromatic carbocycles. The van der Waals surface area contributed by atoms with Gasteiger partial charge in [-0.1, -0.05) is 41.4 Å². The van der Waals surface area contributed by atoms with Crippen LogP contribution in [0.15, 0.2) is 66.4 Å². The van der Waals surface area contributed by atoms with E-state index in [1.165, 1.54) is 4.90 Å². The van der Waals surface area contributed by atoms with Crippen molar-refractivity contribution in [1.82, 2.24) is 0 Å². The van der Waals surface area contributed by atoms with Crippen molar-refractivity contribution < 1.29 is 9.59 Å². The Balaban J connectivity index is 1.84. The van der Waals surface area contributed by atoms with Gasteiger partial charge in [-0.25, -0.2) is 4.90 Å². The van der Waals surface area contributed by atoms with Gasteiger partial charge in [0.25, 0.3) is 11.8 Å². The molecule has 0 spiro atoms. The van der Waals surface area contributed by atoms with E-state index in [2.05, 4.69) is 5.32 Å². The molecule has 0 saturated carbocycles. The number of carbonyl (C=O) groups is 2. The molecule has 0 aromatic heterocycles. The number of benzene rings is 3. The van der Waals surface area contributed by atoms with Crippen LogP contribution >= 0.6 is 23.2 Å². The minimum atomic E-state index is -0.418. The van der Waals surface area contributed by atoms with Crippen molar-refractivity contribution in [3.8, 4) is 0 Å². The van der Waals surface area contributed by atoms with Gasteiger partial charge in [0.2, 0.25) is 0 Å². The summed E-state index contributed by atoms with van der Waals surface area (Å²) >= 11 is 12.1. The topological polar surface area (TPSA) is 49.4 Å². The lowest BCUT2D eigenvalue weighted by molar-refractivity contribution is -0.120. The Morgan fingerprint density at radius 3 is 2.03 bits per heavy atom. The van der Waals surface area contributed by atoms with Crippen LogP contribution in [0.4, 0.5) is 11.4 Å². The largest absolute Gasteiger partial charge is 0.350 e. The predicted octanol–water partition coefficient (Wildman–Crippen LogP) is 6.32. The molecule has 3 aromatic rings. The number of hydrogen-bond donors (Lipinski definition) is 1. The van der Waals surface area contributed by atoms with Crippen LogP contribution in [0.5, 0.6) is 0 Å². The molecule has 156 valence electrons. The molecular formula is C25H20Cl2N2O2. The van der Waals surface area contributed by atoms with Gasteiger partial charge in [-0.15, -0.1) is 0 Å². The number of hydrogen-bond acceptors (Lipinski definition) is 3. The van der Waals surface area contributed by atoms with E-state index in [1.807, 2.05) is 39.0 Å². The molecule has 6 heteroatoms. The first kappa shape index (κ1) is 21.2. The summed E-state index contributed by atoms with van der Waals surface area (Å²) in [5.41, 5.74) is 5.34. The summed E-state index contributed by atoms with van der Waals surface area (Å²) in [6.07, 6.45) is 0. The minimum Gasteiger partial charge on any atom is -0.350 e. The summed E-state index contributed by atoms with van der Waals surface area (Å²) in [4.78, 5) is 28.2. The highest BCUT2D eigenvalue weighted by molar-refractivity contribution is 6.46. The second-order valence-corrected chi connectivity index (χ2v) is 8.43. The second kappa shape index (κ2) is 8.22. The molecule has 0 fully saturated rings. The van der Waals surface area contributed by atoms with E-state index in [0.717, 1.165) is 22.4 Å². The van der Waals surface area contributed by atoms with E-state index in [-0.39, 0.29) is 5.70 Å². The van der Waals surface area contributed by atoms with E-state index in [0.29, 0.717) is 26.9 Å². The first-order valence-corrected chi connectivity index (χ1v) is 10.5. The summed E-state index contributed by atoms with van der Waals surface area (Å²) in [7, 11) is 0. The number of imide groups is 1. The Morgan fingerprint density at radius 1 is 0.710 bits per heavy atom. The highest BCUT2D eigenvalue weighted by Crippen LogP contribution is 2.36. The van der Waals surface area contributed by atoms with Gasteiger partial charge in [-0.3, -0.25) is 9.59 Å². The number of anilines is 2. The zero-order valence-electron chi connectivity index (χ0n) is 17.3. The van der Waals surface area contributed by atoms with Crippen LogP contribution in [0.25, 0.3) is 5.57 Å². The molecule has 1 aliphatic rings. The smallest absolute Gasteiger partial charge is 0.282 e. The lowest BCUT2D eigenvalue weighted by Crippen LogP contribution is -2.33. The van der Waals surface area contributed by atoms with Crippen molar-refractivity contribution in [2.75, 3.05) is 10.2 Å². The van der Waals surface area contributed by atoms with Gasteiger partial charge < -0.3 is 5.32 Å². The van der Waals surface area contributed by atoms with Crippen molar-refractivity contribution in [2.24, 2.45) is 0 Å². The maximum absolute atomic E-state index is 13.5. The Labute approximate surface area is 191 Å². The molecule has 0 aliphatic carbocycles. The molecule has 0 unspecified atom stereocenters. The lowest BCUT2D eigenvalue weighted by Gasteiger charge is -2.18. The van der Waals surface area contributed by atoms with Crippen LogP contribution < -0.4 is 10.2 Å². The third kappa shape index (κ3) is 3.97. The van der Waals surface area contributed by atoms with Gasteiger partial charge in [0, 0.05) is 15.7 Å². The number of rotatable bonds is 4.